The van der Waals surface area contributed by atoms with Gasteiger partial charge in [-0.15, -0.1) is 0 Å². The first-order chi connectivity index (χ1) is 54.4. The van der Waals surface area contributed by atoms with Crippen molar-refractivity contribution < 1.29 is 143 Å². The summed E-state index contributed by atoms with van der Waals surface area (Å²) in [6.45, 7) is 15.5. The van der Waals surface area contributed by atoms with Crippen LogP contribution in [0.5, 0.6) is 51.7 Å². The van der Waals surface area contributed by atoms with Crippen molar-refractivity contribution in [3.05, 3.63) is 53.1 Å². The molecule has 5 unspecified atom stereocenters. The first-order valence-corrected chi connectivity index (χ1v) is 39.1. The third kappa shape index (κ3) is 31.8. The Balaban J connectivity index is 0.000000881. The molecule has 30 heteroatoms. The molecular formula is C86H136O30. The van der Waals surface area contributed by atoms with Crippen LogP contribution in [0, 0.1) is 39.9 Å². The summed E-state index contributed by atoms with van der Waals surface area (Å²) in [7, 11) is 15.6. The van der Waals surface area contributed by atoms with E-state index in [0.717, 1.165) is 116 Å². The maximum absolute atomic E-state index is 13.4. The second-order valence-corrected chi connectivity index (χ2v) is 29.3. The van der Waals surface area contributed by atoms with Crippen molar-refractivity contribution in [2.45, 2.75) is 224 Å². The van der Waals surface area contributed by atoms with E-state index < -0.39 is 53.2 Å². The van der Waals surface area contributed by atoms with E-state index in [2.05, 4.69) is 9.47 Å². The molecule has 0 spiro atoms. The Bertz CT molecular complexity index is 3210. The van der Waals surface area contributed by atoms with Crippen LogP contribution >= 0.6 is 0 Å². The molecule has 4 fully saturated rings. The average molecular weight is 1650 g/mol. The van der Waals surface area contributed by atoms with Gasteiger partial charge in [0.2, 0.25) is 17.2 Å². The molecule has 5 atom stereocenters. The number of carbonyl (C=O) groups is 9. The summed E-state index contributed by atoms with van der Waals surface area (Å²) in [5, 5.41) is 18.4. The zero-order valence-electron chi connectivity index (χ0n) is 70.8. The maximum Gasteiger partial charge on any atom is 0.338 e. The van der Waals surface area contributed by atoms with E-state index >= 15 is 0 Å². The largest absolute Gasteiger partial charge is 0.493 e. The molecule has 0 aromatic heterocycles. The van der Waals surface area contributed by atoms with Crippen LogP contribution in [0.4, 0.5) is 0 Å². The lowest BCUT2D eigenvalue weighted by Crippen LogP contribution is -2.59. The molecule has 3 aliphatic carbocycles. The van der Waals surface area contributed by atoms with E-state index in [4.69, 9.17) is 85.6 Å². The van der Waals surface area contributed by atoms with E-state index in [9.17, 15) is 48.3 Å². The number of ether oxygens (including phenoxy) is 19. The summed E-state index contributed by atoms with van der Waals surface area (Å²) < 4.78 is 103. The van der Waals surface area contributed by atoms with Gasteiger partial charge in [-0.25, -0.2) is 14.4 Å². The summed E-state index contributed by atoms with van der Waals surface area (Å²) in [5.41, 5.74) is -1.66. The fourth-order valence-corrected chi connectivity index (χ4v) is 12.3. The van der Waals surface area contributed by atoms with E-state index in [0.29, 0.717) is 0 Å². The van der Waals surface area contributed by atoms with E-state index in [1.807, 2.05) is 55.4 Å². The third-order valence-corrected chi connectivity index (χ3v) is 20.9. The number of methoxy groups -OCH3 is 11. The molecular weight excluding hydrogens is 1510 g/mol. The van der Waals surface area contributed by atoms with Crippen molar-refractivity contribution >= 4 is 53.7 Å². The zero-order chi connectivity index (χ0) is 85.3. The van der Waals surface area contributed by atoms with Crippen molar-refractivity contribution in [3.63, 3.8) is 0 Å². The molecule has 0 radical (unpaired) electrons. The van der Waals surface area contributed by atoms with Crippen LogP contribution in [0.15, 0.2) is 36.4 Å². The number of carbonyl (C=O) groups excluding carboxylic acids is 9. The molecule has 2 N–H and O–H groups in total. The first-order valence-electron chi connectivity index (χ1n) is 39.1. The Morgan fingerprint density at radius 1 is 0.422 bits per heavy atom. The number of rotatable bonds is 34. The van der Waals surface area contributed by atoms with Gasteiger partial charge >= 0.3 is 53.7 Å². The normalized spacial score (nSPS) is 17.0. The molecule has 1 aliphatic heterocycles. The molecule has 3 aromatic carbocycles. The van der Waals surface area contributed by atoms with Gasteiger partial charge in [-0.3, -0.25) is 28.8 Å². The Morgan fingerprint density at radius 2 is 0.741 bits per heavy atom. The summed E-state index contributed by atoms with van der Waals surface area (Å²) in [6.07, 6.45) is 12.8. The fourth-order valence-electron chi connectivity index (χ4n) is 12.3. The van der Waals surface area contributed by atoms with Crippen LogP contribution in [0.1, 0.15) is 230 Å². The molecule has 4 aliphatic rings. The molecule has 30 nitrogen and oxygen atoms in total. The van der Waals surface area contributed by atoms with Crippen LogP contribution in [0.25, 0.3) is 0 Å². The van der Waals surface area contributed by atoms with Gasteiger partial charge in [-0.05, 0) is 128 Å². The number of esters is 9. The standard InChI is InChI=1S/C36H44O15.C27H42O8.C8H16O3.C7H14O2.C6H12O2.2CH4/c1-11-36(18-49-33(37)21-12-24(40-2)30(46-8)25(13-21)41-3,19-50-34(38)22-14-26(42-4)31(47-9)27(15-22)43-5)20-51-35(39)23-16-28(44-6)32(48-10)29(17-23)45-7;28-16-21-23(34-26(30)19-12-6-2-7-13-19)24(35-27(31)20-14-8-3-9-15-20)22(17-32-21)33-25(29)18-10-4-1-5-11-18;1-4-8(2,3)7(10)11-6-5-9;1-5-7(2,3)6(8)9-4;1-4-5(2)6(7)8-3;;/h12-17H,11,18-20H2,1-10H3;18-24,28H,1-17H2;9H,4-6H2,1-3H3;5H2,1-4H3;5H,4H2,1-3H3;2*1H4. The van der Waals surface area contributed by atoms with Crippen LogP contribution in [0.2, 0.25) is 0 Å². The predicted molar refractivity (Wildman–Crippen MR) is 431 cm³/mol. The van der Waals surface area contributed by atoms with Crippen LogP contribution in [0.3, 0.4) is 0 Å². The number of aliphatic hydroxyl groups excluding tert-OH is 2. The molecule has 3 saturated carbocycles. The van der Waals surface area contributed by atoms with Crippen molar-refractivity contribution in [1.82, 2.24) is 0 Å². The highest BCUT2D eigenvalue weighted by atomic mass is 16.7. The Labute approximate surface area is 687 Å². The molecule has 0 bridgehead atoms. The molecule has 116 heavy (non-hydrogen) atoms. The van der Waals surface area contributed by atoms with Gasteiger partial charge in [0, 0.05) is 0 Å². The predicted octanol–water partition coefficient (Wildman–Crippen LogP) is 13.9. The lowest BCUT2D eigenvalue weighted by molar-refractivity contribution is -0.236. The van der Waals surface area contributed by atoms with E-state index in [1.54, 1.807) is 6.92 Å². The Morgan fingerprint density at radius 3 is 0.991 bits per heavy atom. The molecule has 1 saturated heterocycles. The van der Waals surface area contributed by atoms with Crippen LogP contribution in [-0.2, 0) is 76.1 Å². The summed E-state index contributed by atoms with van der Waals surface area (Å²) in [4.78, 5) is 112. The number of hydrogen-bond donors (Lipinski definition) is 2. The highest BCUT2D eigenvalue weighted by Gasteiger charge is 2.49. The lowest BCUT2D eigenvalue weighted by Gasteiger charge is -2.41. The SMILES string of the molecule is C.C.CCC(C)(C)C(=O)OC.CCC(C)(C)C(=O)OCCO.CCC(C)C(=O)OC.CCC(COC(=O)c1cc(OC)c(OC)c(OC)c1)(COC(=O)c1cc(OC)c(OC)c(OC)c1)COC(=O)c1cc(OC)c(OC)c(OC)c1.O=C(OC1COC(CO)C(OC(=O)C2CCCCC2)C1OC(=O)C1CCCCC1)C1CCCCC1. The van der Waals surface area contributed by atoms with Gasteiger partial charge in [0.15, 0.2) is 52.8 Å². The lowest BCUT2D eigenvalue weighted by atomic mass is 9.88. The summed E-state index contributed by atoms with van der Waals surface area (Å²) in [6, 6.07) is 8.62. The highest BCUT2D eigenvalue weighted by molar-refractivity contribution is 5.93. The molecule has 1 heterocycles. The summed E-state index contributed by atoms with van der Waals surface area (Å²) in [5.74, 6) is -1.97. The van der Waals surface area contributed by atoms with E-state index in [1.165, 1.54) is 115 Å². The Kier molecular flexibility index (Phi) is 48.9. The van der Waals surface area contributed by atoms with Gasteiger partial charge in [0.25, 0.3) is 0 Å². The summed E-state index contributed by atoms with van der Waals surface area (Å²) >= 11 is 0. The number of hydrogen-bond acceptors (Lipinski definition) is 30. The molecule has 660 valence electrons. The second kappa shape index (κ2) is 54.1. The van der Waals surface area contributed by atoms with Crippen LogP contribution < -0.4 is 42.6 Å². The quantitative estimate of drug-likeness (QED) is 0.0414. The van der Waals surface area contributed by atoms with Crippen molar-refractivity contribution in [3.8, 4) is 51.7 Å². The third-order valence-electron chi connectivity index (χ3n) is 20.9. The fraction of sp³-hybridized carbons (Fsp3) is 0.686. The second-order valence-electron chi connectivity index (χ2n) is 29.3. The monoisotopic (exact) mass is 1650 g/mol. The van der Waals surface area contributed by atoms with Gasteiger partial charge < -0.3 is 100 Å². The minimum atomic E-state index is -1.22. The van der Waals surface area contributed by atoms with Gasteiger partial charge in [0.05, 0.1) is 155 Å². The number of aliphatic hydroxyl groups is 2. The zero-order valence-corrected chi connectivity index (χ0v) is 70.8. The smallest absolute Gasteiger partial charge is 0.338 e. The average Bonchev–Trinajstić information content (AvgIpc) is 0.801. The van der Waals surface area contributed by atoms with Gasteiger partial charge in [-0.2, -0.15) is 0 Å². The van der Waals surface area contributed by atoms with Gasteiger partial charge in [0.1, 0.15) is 32.5 Å². The molecule has 0 amide bonds. The Hall–Kier alpha value is -9.03. The van der Waals surface area contributed by atoms with Crippen molar-refractivity contribution in [1.29, 1.82) is 0 Å². The highest BCUT2D eigenvalue weighted by Crippen LogP contribution is 2.43. The van der Waals surface area contributed by atoms with Crippen molar-refractivity contribution in [2.75, 3.05) is 124 Å². The molecule has 7 rings (SSSR count). The minimum Gasteiger partial charge on any atom is -0.493 e. The van der Waals surface area contributed by atoms with Crippen molar-refractivity contribution in [2.24, 2.45) is 39.9 Å². The van der Waals surface area contributed by atoms with E-state index in [-0.39, 0.29) is 201 Å². The maximum atomic E-state index is 13.4. The van der Waals surface area contributed by atoms with Gasteiger partial charge in [-0.1, -0.05) is 107 Å². The minimum absolute atomic E-state index is 0. The molecule has 3 aromatic rings. The first kappa shape index (κ1) is 105. The number of benzene rings is 3. The van der Waals surface area contributed by atoms with Crippen LogP contribution in [-0.4, -0.2) is 213 Å². The topological polar surface area (TPSA) is 369 Å².